The number of nitrogens with two attached hydrogens (primary N) is 1. The predicted molar refractivity (Wildman–Crippen MR) is 80.1 cm³/mol. The summed E-state index contributed by atoms with van der Waals surface area (Å²) in [6.45, 7) is 1.37. The van der Waals surface area contributed by atoms with Gasteiger partial charge >= 0.3 is 0 Å². The molecule has 0 aliphatic carbocycles. The summed E-state index contributed by atoms with van der Waals surface area (Å²) >= 11 is 0. The summed E-state index contributed by atoms with van der Waals surface area (Å²) in [5.41, 5.74) is 6.17. The number of carbonyl (C=O) groups is 2. The van der Waals surface area contributed by atoms with E-state index in [9.17, 15) is 9.59 Å². The highest BCUT2D eigenvalue weighted by Crippen LogP contribution is 2.32. The molecule has 1 fully saturated rings. The Morgan fingerprint density at radius 2 is 1.91 bits per heavy atom. The first-order valence-electron chi connectivity index (χ1n) is 7.29. The molecule has 0 aromatic heterocycles. The van der Waals surface area contributed by atoms with Crippen molar-refractivity contribution in [2.75, 3.05) is 19.9 Å². The van der Waals surface area contributed by atoms with Crippen molar-refractivity contribution in [1.29, 1.82) is 0 Å². The molecule has 6 heteroatoms. The van der Waals surface area contributed by atoms with Gasteiger partial charge in [-0.05, 0) is 36.6 Å². The van der Waals surface area contributed by atoms with Gasteiger partial charge in [-0.25, -0.2) is 0 Å². The molecule has 0 saturated carbocycles. The molecule has 2 heterocycles. The van der Waals surface area contributed by atoms with E-state index < -0.39 is 0 Å². The highest BCUT2D eigenvalue weighted by molar-refractivity contribution is 5.92. The molecule has 22 heavy (non-hydrogen) atoms. The number of benzene rings is 1. The quantitative estimate of drug-likeness (QED) is 0.849. The zero-order valence-electron chi connectivity index (χ0n) is 12.2. The fourth-order valence-electron chi connectivity index (χ4n) is 2.67. The topological polar surface area (TPSA) is 81.9 Å². The van der Waals surface area contributed by atoms with E-state index in [0.717, 1.165) is 11.3 Å². The molecule has 3 rings (SSSR count). The maximum Gasteiger partial charge on any atom is 0.246 e. The van der Waals surface area contributed by atoms with Crippen molar-refractivity contribution in [3.05, 3.63) is 29.8 Å². The lowest BCUT2D eigenvalue weighted by molar-refractivity contribution is -0.130. The molecule has 1 aromatic carbocycles. The molecule has 1 aromatic rings. The number of likely N-dealkylation sites (tertiary alicyclic amines) is 1. The van der Waals surface area contributed by atoms with Gasteiger partial charge in [0.2, 0.25) is 18.6 Å². The van der Waals surface area contributed by atoms with E-state index in [4.69, 9.17) is 15.2 Å². The van der Waals surface area contributed by atoms with Crippen LogP contribution in [0.25, 0.3) is 6.08 Å². The Hall–Kier alpha value is -2.50. The monoisotopic (exact) mass is 302 g/mol. The Kier molecular flexibility index (Phi) is 4.00. The minimum Gasteiger partial charge on any atom is -0.454 e. The average molecular weight is 302 g/mol. The molecular formula is C16H18N2O4. The summed E-state index contributed by atoms with van der Waals surface area (Å²) in [4.78, 5) is 25.0. The zero-order chi connectivity index (χ0) is 15.5. The van der Waals surface area contributed by atoms with Gasteiger partial charge < -0.3 is 20.1 Å². The van der Waals surface area contributed by atoms with Crippen molar-refractivity contribution >= 4 is 17.9 Å². The third-order valence-electron chi connectivity index (χ3n) is 4.02. The summed E-state index contributed by atoms with van der Waals surface area (Å²) in [6, 6.07) is 5.53. The second-order valence-electron chi connectivity index (χ2n) is 5.45. The second kappa shape index (κ2) is 6.09. The van der Waals surface area contributed by atoms with Crippen LogP contribution in [0.4, 0.5) is 0 Å². The van der Waals surface area contributed by atoms with Crippen molar-refractivity contribution in [1.82, 2.24) is 4.90 Å². The van der Waals surface area contributed by atoms with Gasteiger partial charge in [0.1, 0.15) is 0 Å². The Labute approximate surface area is 128 Å². The minimum absolute atomic E-state index is 0.0550. The Morgan fingerprint density at radius 1 is 1.18 bits per heavy atom. The predicted octanol–water partition coefficient (Wildman–Crippen LogP) is 1.15. The van der Waals surface area contributed by atoms with E-state index in [1.165, 1.54) is 0 Å². The average Bonchev–Trinajstić information content (AvgIpc) is 3.00. The van der Waals surface area contributed by atoms with Gasteiger partial charge in [0.15, 0.2) is 11.5 Å². The van der Waals surface area contributed by atoms with Crippen LogP contribution in [0, 0.1) is 5.92 Å². The number of hydrogen-bond acceptors (Lipinski definition) is 4. The first kappa shape index (κ1) is 14.4. The number of nitrogens with zero attached hydrogens (tertiary/aromatic N) is 1. The number of amides is 2. The van der Waals surface area contributed by atoms with E-state index >= 15 is 0 Å². The number of rotatable bonds is 3. The number of carbonyl (C=O) groups excluding carboxylic acids is 2. The van der Waals surface area contributed by atoms with Crippen LogP contribution in [0.1, 0.15) is 18.4 Å². The summed E-state index contributed by atoms with van der Waals surface area (Å²) < 4.78 is 10.5. The summed E-state index contributed by atoms with van der Waals surface area (Å²) in [5, 5.41) is 0. The van der Waals surface area contributed by atoms with E-state index in [-0.39, 0.29) is 24.5 Å². The number of fused-ring (bicyclic) bond motifs is 1. The second-order valence-corrected chi connectivity index (χ2v) is 5.45. The number of ether oxygens (including phenoxy) is 2. The van der Waals surface area contributed by atoms with Gasteiger partial charge in [0.05, 0.1) is 0 Å². The van der Waals surface area contributed by atoms with Crippen LogP contribution in [-0.2, 0) is 9.59 Å². The van der Waals surface area contributed by atoms with Crippen LogP contribution >= 0.6 is 0 Å². The summed E-state index contributed by atoms with van der Waals surface area (Å²) in [5.74, 6) is 0.972. The SMILES string of the molecule is NC(=O)C1CCN(C(=O)/C=C/c2ccc3c(c2)OCO3)CC1. The van der Waals surface area contributed by atoms with Crippen molar-refractivity contribution < 1.29 is 19.1 Å². The van der Waals surface area contributed by atoms with Crippen molar-refractivity contribution in [2.24, 2.45) is 11.7 Å². The van der Waals surface area contributed by atoms with E-state index in [2.05, 4.69) is 0 Å². The number of hydrogen-bond donors (Lipinski definition) is 1. The van der Waals surface area contributed by atoms with Crippen molar-refractivity contribution in [3.8, 4) is 11.5 Å². The van der Waals surface area contributed by atoms with Gasteiger partial charge in [-0.3, -0.25) is 9.59 Å². The summed E-state index contributed by atoms with van der Waals surface area (Å²) in [6.07, 6.45) is 4.57. The molecule has 6 nitrogen and oxygen atoms in total. The molecule has 0 unspecified atom stereocenters. The smallest absolute Gasteiger partial charge is 0.246 e. The van der Waals surface area contributed by atoms with Gasteiger partial charge in [-0.2, -0.15) is 0 Å². The Balaban J connectivity index is 1.59. The van der Waals surface area contributed by atoms with E-state index in [1.54, 1.807) is 17.1 Å². The summed E-state index contributed by atoms with van der Waals surface area (Å²) in [7, 11) is 0. The van der Waals surface area contributed by atoms with E-state index in [1.807, 2.05) is 18.2 Å². The molecule has 2 aliphatic heterocycles. The number of piperidine rings is 1. The zero-order valence-corrected chi connectivity index (χ0v) is 12.2. The van der Waals surface area contributed by atoms with Gasteiger partial charge in [-0.1, -0.05) is 6.07 Å². The van der Waals surface area contributed by atoms with E-state index in [0.29, 0.717) is 31.7 Å². The molecule has 1 saturated heterocycles. The largest absolute Gasteiger partial charge is 0.454 e. The van der Waals surface area contributed by atoms with Crippen LogP contribution in [0.5, 0.6) is 11.5 Å². The minimum atomic E-state index is -0.275. The lowest BCUT2D eigenvalue weighted by Gasteiger charge is -2.29. The molecule has 0 bridgehead atoms. The van der Waals surface area contributed by atoms with Crippen LogP contribution in [0.3, 0.4) is 0 Å². The van der Waals surface area contributed by atoms with Crippen LogP contribution in [0.2, 0.25) is 0 Å². The number of primary amides is 1. The van der Waals surface area contributed by atoms with Gasteiger partial charge in [-0.15, -0.1) is 0 Å². The first-order valence-corrected chi connectivity index (χ1v) is 7.29. The van der Waals surface area contributed by atoms with Crippen LogP contribution in [0.15, 0.2) is 24.3 Å². The molecule has 0 atom stereocenters. The normalized spacial score (nSPS) is 17.9. The highest BCUT2D eigenvalue weighted by atomic mass is 16.7. The fourth-order valence-corrected chi connectivity index (χ4v) is 2.67. The molecule has 116 valence electrons. The van der Waals surface area contributed by atoms with Crippen LogP contribution in [-0.4, -0.2) is 36.6 Å². The molecule has 2 aliphatic rings. The Bertz CT molecular complexity index is 619. The molecule has 0 radical (unpaired) electrons. The molecular weight excluding hydrogens is 284 g/mol. The highest BCUT2D eigenvalue weighted by Gasteiger charge is 2.24. The molecule has 2 amide bonds. The standard InChI is InChI=1S/C16H18N2O4/c17-16(20)12-5-7-18(8-6-12)15(19)4-2-11-1-3-13-14(9-11)22-10-21-13/h1-4,9,12H,5-8,10H2,(H2,17,20)/b4-2+. The van der Waals surface area contributed by atoms with Gasteiger partial charge in [0.25, 0.3) is 0 Å². The maximum atomic E-state index is 12.1. The van der Waals surface area contributed by atoms with Crippen molar-refractivity contribution in [3.63, 3.8) is 0 Å². The first-order chi connectivity index (χ1) is 10.6. The molecule has 0 spiro atoms. The Morgan fingerprint density at radius 3 is 2.64 bits per heavy atom. The fraction of sp³-hybridized carbons (Fsp3) is 0.375. The van der Waals surface area contributed by atoms with Gasteiger partial charge in [0, 0.05) is 25.1 Å². The third-order valence-corrected chi connectivity index (χ3v) is 4.02. The maximum absolute atomic E-state index is 12.1. The lowest BCUT2D eigenvalue weighted by Crippen LogP contribution is -2.41. The third kappa shape index (κ3) is 3.05. The van der Waals surface area contributed by atoms with Crippen LogP contribution < -0.4 is 15.2 Å². The van der Waals surface area contributed by atoms with Crippen molar-refractivity contribution in [2.45, 2.75) is 12.8 Å². The molecule has 2 N–H and O–H groups in total. The lowest BCUT2D eigenvalue weighted by atomic mass is 9.96.